The van der Waals surface area contributed by atoms with Crippen molar-refractivity contribution in [1.82, 2.24) is 0 Å². The fraction of sp³-hybridized carbons (Fsp3) is 0.258. The van der Waals surface area contributed by atoms with Crippen LogP contribution in [0.3, 0.4) is 0 Å². The van der Waals surface area contributed by atoms with Crippen molar-refractivity contribution in [1.29, 1.82) is 0 Å². The second kappa shape index (κ2) is 11.4. The van der Waals surface area contributed by atoms with E-state index >= 15 is 0 Å². The normalized spacial score (nSPS) is 16.5. The van der Waals surface area contributed by atoms with Crippen LogP contribution in [0.2, 0.25) is 0 Å². The lowest BCUT2D eigenvalue weighted by Crippen LogP contribution is -2.29. The summed E-state index contributed by atoms with van der Waals surface area (Å²) in [5.74, 6) is -1.77. The lowest BCUT2D eigenvalue weighted by molar-refractivity contribution is -0.132. The molecule has 1 aliphatic rings. The van der Waals surface area contributed by atoms with E-state index in [4.69, 9.17) is 9.47 Å². The summed E-state index contributed by atoms with van der Waals surface area (Å²) < 4.78 is 10.9. The number of anilines is 1. The van der Waals surface area contributed by atoms with Crippen LogP contribution in [0.4, 0.5) is 5.69 Å². The topological polar surface area (TPSA) is 113 Å². The Morgan fingerprint density at radius 3 is 2.41 bits per heavy atom. The van der Waals surface area contributed by atoms with Crippen molar-refractivity contribution in [3.8, 4) is 11.5 Å². The zero-order valence-electron chi connectivity index (χ0n) is 22.3. The molecule has 39 heavy (non-hydrogen) atoms. The number of aryl methyl sites for hydroxylation is 1. The number of rotatable bonds is 8. The molecule has 1 fully saturated rings. The molecule has 8 nitrogen and oxygen atoms in total. The molecule has 1 heterocycles. The van der Waals surface area contributed by atoms with E-state index in [1.807, 2.05) is 20.8 Å². The first-order chi connectivity index (χ1) is 18.6. The number of esters is 1. The number of aliphatic hydroxyl groups excluding tert-OH is 1. The predicted octanol–water partition coefficient (Wildman–Crippen LogP) is 5.54. The van der Waals surface area contributed by atoms with Crippen LogP contribution < -0.4 is 9.64 Å². The van der Waals surface area contributed by atoms with E-state index in [2.05, 4.69) is 0 Å². The van der Waals surface area contributed by atoms with Crippen molar-refractivity contribution in [3.05, 3.63) is 94.6 Å². The molecule has 1 atom stereocenters. The molecule has 2 N–H and O–H groups in total. The molecule has 1 aliphatic heterocycles. The first-order valence-electron chi connectivity index (χ1n) is 12.7. The van der Waals surface area contributed by atoms with Crippen LogP contribution in [0.1, 0.15) is 53.9 Å². The second-order valence-corrected chi connectivity index (χ2v) is 9.72. The zero-order valence-corrected chi connectivity index (χ0v) is 22.3. The third-order valence-electron chi connectivity index (χ3n) is 6.29. The number of nitrogens with zero attached hydrogens (tertiary/aromatic N) is 1. The summed E-state index contributed by atoms with van der Waals surface area (Å²) in [6, 6.07) is 16.3. The Labute approximate surface area is 227 Å². The van der Waals surface area contributed by atoms with Crippen LogP contribution in [0, 0.1) is 12.8 Å². The van der Waals surface area contributed by atoms with E-state index in [9.17, 15) is 24.6 Å². The first kappa shape index (κ1) is 27.4. The number of phenolic OH excluding ortho intramolecular Hbond substituents is 1. The summed E-state index contributed by atoms with van der Waals surface area (Å²) in [7, 11) is 0. The van der Waals surface area contributed by atoms with Gasteiger partial charge in [-0.3, -0.25) is 14.5 Å². The maximum absolute atomic E-state index is 13.4. The van der Waals surface area contributed by atoms with Gasteiger partial charge in [0, 0.05) is 11.3 Å². The van der Waals surface area contributed by atoms with Crippen LogP contribution in [-0.2, 0) is 14.3 Å². The van der Waals surface area contributed by atoms with E-state index in [-0.39, 0.29) is 34.9 Å². The highest BCUT2D eigenvalue weighted by Crippen LogP contribution is 2.43. The fourth-order valence-electron chi connectivity index (χ4n) is 4.48. The molecule has 4 rings (SSSR count). The summed E-state index contributed by atoms with van der Waals surface area (Å²) in [6.45, 7) is 8.31. The second-order valence-electron chi connectivity index (χ2n) is 9.72. The van der Waals surface area contributed by atoms with Crippen molar-refractivity contribution in [2.45, 2.75) is 33.7 Å². The zero-order chi connectivity index (χ0) is 28.3. The van der Waals surface area contributed by atoms with Gasteiger partial charge < -0.3 is 19.7 Å². The lowest BCUT2D eigenvalue weighted by Gasteiger charge is -2.26. The Hall–Kier alpha value is -4.59. The van der Waals surface area contributed by atoms with Gasteiger partial charge in [-0.15, -0.1) is 0 Å². The van der Waals surface area contributed by atoms with Crippen LogP contribution in [-0.4, -0.2) is 41.1 Å². The van der Waals surface area contributed by atoms with E-state index in [1.165, 1.54) is 23.1 Å². The lowest BCUT2D eigenvalue weighted by atomic mass is 9.94. The van der Waals surface area contributed by atoms with Crippen molar-refractivity contribution in [2.24, 2.45) is 5.92 Å². The molecule has 8 heteroatoms. The summed E-state index contributed by atoms with van der Waals surface area (Å²) in [5, 5.41) is 21.6. The first-order valence-corrected chi connectivity index (χ1v) is 12.7. The number of aromatic hydroxyl groups is 1. The van der Waals surface area contributed by atoms with Crippen LogP contribution >= 0.6 is 0 Å². The number of amides is 1. The van der Waals surface area contributed by atoms with Crippen molar-refractivity contribution in [3.63, 3.8) is 0 Å². The summed E-state index contributed by atoms with van der Waals surface area (Å²) >= 11 is 0. The average Bonchev–Trinajstić information content (AvgIpc) is 3.17. The SMILES string of the molecule is CCOC(=O)c1cccc(N2C(=O)C(=O)/C(=C(/O)c3ccc(OCC(C)C)c(C)c3)C2c2cccc(O)c2)c1. The Balaban J connectivity index is 1.85. The average molecular weight is 530 g/mol. The van der Waals surface area contributed by atoms with Crippen LogP contribution in [0.15, 0.2) is 72.3 Å². The molecule has 3 aromatic rings. The Bertz CT molecular complexity index is 1460. The highest BCUT2D eigenvalue weighted by atomic mass is 16.5. The molecule has 1 unspecified atom stereocenters. The number of benzene rings is 3. The van der Waals surface area contributed by atoms with Gasteiger partial charge in [-0.1, -0.05) is 32.0 Å². The molecule has 0 aliphatic carbocycles. The molecule has 3 aromatic carbocycles. The number of phenols is 1. The summed E-state index contributed by atoms with van der Waals surface area (Å²) in [5.41, 5.74) is 1.84. The number of hydrogen-bond acceptors (Lipinski definition) is 7. The van der Waals surface area contributed by atoms with E-state index in [0.717, 1.165) is 5.56 Å². The highest BCUT2D eigenvalue weighted by molar-refractivity contribution is 6.51. The number of hydrogen-bond donors (Lipinski definition) is 2. The van der Waals surface area contributed by atoms with Crippen LogP contribution in [0.5, 0.6) is 11.5 Å². The molecule has 0 bridgehead atoms. The third kappa shape index (κ3) is 5.65. The number of Topliss-reactive ketones (excluding diaryl/α,β-unsaturated/α-hetero) is 1. The standard InChI is InChI=1S/C31H31NO7/c1-5-38-31(37)22-9-6-10-23(15-22)32-27(20-8-7-11-24(33)16-20)26(29(35)30(32)36)28(34)21-12-13-25(19(4)14-21)39-17-18(2)3/h6-16,18,27,33-34H,5,17H2,1-4H3/b28-26+. The van der Waals surface area contributed by atoms with Crippen molar-refractivity contribution in [2.75, 3.05) is 18.1 Å². The largest absolute Gasteiger partial charge is 0.508 e. The van der Waals surface area contributed by atoms with E-state index in [0.29, 0.717) is 29.4 Å². The maximum Gasteiger partial charge on any atom is 0.338 e. The molecule has 0 spiro atoms. The molecular formula is C31H31NO7. The van der Waals surface area contributed by atoms with E-state index < -0.39 is 23.7 Å². The minimum Gasteiger partial charge on any atom is -0.508 e. The quantitative estimate of drug-likeness (QED) is 0.171. The summed E-state index contributed by atoms with van der Waals surface area (Å²) in [6.07, 6.45) is 0. The van der Waals surface area contributed by atoms with Gasteiger partial charge in [-0.2, -0.15) is 0 Å². The molecule has 0 saturated carbocycles. The number of aliphatic hydroxyl groups is 1. The van der Waals surface area contributed by atoms with Crippen molar-refractivity contribution >= 4 is 29.1 Å². The van der Waals surface area contributed by atoms with Gasteiger partial charge in [0.1, 0.15) is 17.3 Å². The summed E-state index contributed by atoms with van der Waals surface area (Å²) in [4.78, 5) is 40.5. The molecule has 0 aromatic heterocycles. The van der Waals surface area contributed by atoms with Gasteiger partial charge in [0.05, 0.1) is 30.4 Å². The molecule has 1 saturated heterocycles. The van der Waals surface area contributed by atoms with Gasteiger partial charge in [-0.05, 0) is 79.4 Å². The number of carbonyl (C=O) groups is 3. The Morgan fingerprint density at radius 2 is 1.74 bits per heavy atom. The van der Waals surface area contributed by atoms with Gasteiger partial charge in [0.25, 0.3) is 11.7 Å². The van der Waals surface area contributed by atoms with Gasteiger partial charge in [0.15, 0.2) is 0 Å². The molecule has 0 radical (unpaired) electrons. The van der Waals surface area contributed by atoms with Gasteiger partial charge >= 0.3 is 5.97 Å². The minimum atomic E-state index is -1.06. The molecule has 202 valence electrons. The molecule has 1 amide bonds. The van der Waals surface area contributed by atoms with Gasteiger partial charge in [-0.25, -0.2) is 4.79 Å². The monoisotopic (exact) mass is 529 g/mol. The van der Waals surface area contributed by atoms with Gasteiger partial charge in [0.2, 0.25) is 0 Å². The predicted molar refractivity (Wildman–Crippen MR) is 147 cm³/mol. The number of ether oxygens (including phenoxy) is 2. The highest BCUT2D eigenvalue weighted by Gasteiger charge is 2.47. The Kier molecular flexibility index (Phi) is 8.04. The number of ketones is 1. The van der Waals surface area contributed by atoms with Crippen molar-refractivity contribution < 1.29 is 34.1 Å². The minimum absolute atomic E-state index is 0.0686. The molecular weight excluding hydrogens is 498 g/mol. The maximum atomic E-state index is 13.4. The van der Waals surface area contributed by atoms with E-state index in [1.54, 1.807) is 55.5 Å². The fourth-order valence-corrected chi connectivity index (χ4v) is 4.48. The van der Waals surface area contributed by atoms with Crippen LogP contribution in [0.25, 0.3) is 5.76 Å². The number of carbonyl (C=O) groups excluding carboxylic acids is 3. The third-order valence-corrected chi connectivity index (χ3v) is 6.29. The Morgan fingerprint density at radius 1 is 1.00 bits per heavy atom. The smallest absolute Gasteiger partial charge is 0.338 e.